The van der Waals surface area contributed by atoms with Gasteiger partial charge in [-0.25, -0.2) is 0 Å². The number of aryl methyl sites for hydroxylation is 1. The number of likely N-dealkylation sites (tertiary alicyclic amines) is 1. The van der Waals surface area contributed by atoms with E-state index in [4.69, 9.17) is 16.3 Å². The van der Waals surface area contributed by atoms with Gasteiger partial charge in [-0.15, -0.1) is 24.0 Å². The Morgan fingerprint density at radius 2 is 2.03 bits per heavy atom. The number of ether oxygens (including phenoxy) is 1. The normalized spacial score (nSPS) is 20.8. The van der Waals surface area contributed by atoms with Gasteiger partial charge in [-0.2, -0.15) is 5.10 Å². The molecule has 0 amide bonds. The van der Waals surface area contributed by atoms with Gasteiger partial charge in [-0.3, -0.25) is 14.6 Å². The maximum atomic E-state index is 6.33. The molecule has 2 aliphatic rings. The van der Waals surface area contributed by atoms with Crippen molar-refractivity contribution in [2.45, 2.75) is 25.5 Å². The van der Waals surface area contributed by atoms with E-state index in [0.717, 1.165) is 55.8 Å². The number of benzene rings is 1. The number of guanidine groups is 1. The molecule has 1 aromatic carbocycles. The molecule has 0 spiro atoms. The van der Waals surface area contributed by atoms with Gasteiger partial charge in [0, 0.05) is 50.5 Å². The topological polar surface area (TPSA) is 57.9 Å². The van der Waals surface area contributed by atoms with Gasteiger partial charge < -0.3 is 15.0 Å². The summed E-state index contributed by atoms with van der Waals surface area (Å²) in [6, 6.07) is 8.16. The quantitative estimate of drug-likeness (QED) is 0.337. The van der Waals surface area contributed by atoms with Crippen molar-refractivity contribution < 1.29 is 4.74 Å². The minimum atomic E-state index is 0. The SMILES string of the molecule is CN=C(NCC1CCN(Cc2ccccc2Cl)CC1)N1CCOC(c2cnn(C)c2)C1.I. The molecule has 2 fully saturated rings. The molecule has 2 aromatic rings. The Labute approximate surface area is 213 Å². The Balaban J connectivity index is 0.00000289. The Hall–Kier alpha value is -1.36. The van der Waals surface area contributed by atoms with E-state index >= 15 is 0 Å². The Morgan fingerprint density at radius 3 is 2.72 bits per heavy atom. The molecule has 2 saturated heterocycles. The van der Waals surface area contributed by atoms with Crippen molar-refractivity contribution in [3.63, 3.8) is 0 Å². The zero-order valence-electron chi connectivity index (χ0n) is 18.9. The molecule has 176 valence electrons. The fraction of sp³-hybridized carbons (Fsp3) is 0.565. The van der Waals surface area contributed by atoms with Crippen LogP contribution in [0.5, 0.6) is 0 Å². The zero-order chi connectivity index (χ0) is 21.6. The minimum absolute atomic E-state index is 0. The van der Waals surface area contributed by atoms with Crippen LogP contribution in [0.4, 0.5) is 0 Å². The van der Waals surface area contributed by atoms with Gasteiger partial charge in [0.25, 0.3) is 0 Å². The molecule has 1 atom stereocenters. The summed E-state index contributed by atoms with van der Waals surface area (Å²) in [6.07, 6.45) is 6.34. The van der Waals surface area contributed by atoms with Crippen LogP contribution in [-0.4, -0.2) is 71.9 Å². The lowest BCUT2D eigenvalue weighted by atomic mass is 9.96. The van der Waals surface area contributed by atoms with Gasteiger partial charge in [-0.1, -0.05) is 29.8 Å². The number of aliphatic imine (C=N–C) groups is 1. The highest BCUT2D eigenvalue weighted by Crippen LogP contribution is 2.23. The average Bonchev–Trinajstić information content (AvgIpc) is 3.23. The van der Waals surface area contributed by atoms with Crippen molar-refractivity contribution in [1.29, 1.82) is 0 Å². The molecule has 0 radical (unpaired) electrons. The molecular formula is C23H34ClIN6O. The van der Waals surface area contributed by atoms with Gasteiger partial charge in [0.15, 0.2) is 5.96 Å². The molecule has 1 aromatic heterocycles. The molecule has 4 rings (SSSR count). The van der Waals surface area contributed by atoms with E-state index in [-0.39, 0.29) is 30.1 Å². The third-order valence-electron chi connectivity index (χ3n) is 6.28. The third-order valence-corrected chi connectivity index (χ3v) is 6.65. The van der Waals surface area contributed by atoms with Crippen molar-refractivity contribution >= 4 is 41.5 Å². The minimum Gasteiger partial charge on any atom is -0.370 e. The molecule has 9 heteroatoms. The monoisotopic (exact) mass is 572 g/mol. The molecule has 0 saturated carbocycles. The van der Waals surface area contributed by atoms with Crippen LogP contribution >= 0.6 is 35.6 Å². The second kappa shape index (κ2) is 12.2. The van der Waals surface area contributed by atoms with Crippen LogP contribution in [0.3, 0.4) is 0 Å². The van der Waals surface area contributed by atoms with Crippen molar-refractivity contribution in [3.8, 4) is 0 Å². The summed E-state index contributed by atoms with van der Waals surface area (Å²) in [5, 5.41) is 8.76. The maximum absolute atomic E-state index is 6.33. The summed E-state index contributed by atoms with van der Waals surface area (Å²) in [5.74, 6) is 1.63. The first-order valence-corrected chi connectivity index (χ1v) is 11.5. The molecule has 32 heavy (non-hydrogen) atoms. The number of hydrogen-bond donors (Lipinski definition) is 1. The lowest BCUT2D eigenvalue weighted by molar-refractivity contribution is -0.00812. The highest BCUT2D eigenvalue weighted by Gasteiger charge is 2.26. The Morgan fingerprint density at radius 1 is 1.25 bits per heavy atom. The lowest BCUT2D eigenvalue weighted by Crippen LogP contribution is -2.49. The maximum Gasteiger partial charge on any atom is 0.193 e. The van der Waals surface area contributed by atoms with E-state index in [2.05, 4.69) is 37.3 Å². The van der Waals surface area contributed by atoms with Crippen LogP contribution in [0.15, 0.2) is 41.7 Å². The first kappa shape index (κ1) is 25.3. The molecule has 1 unspecified atom stereocenters. The van der Waals surface area contributed by atoms with Gasteiger partial charge >= 0.3 is 0 Å². The fourth-order valence-corrected chi connectivity index (χ4v) is 4.63. The van der Waals surface area contributed by atoms with E-state index in [1.807, 2.05) is 43.3 Å². The van der Waals surface area contributed by atoms with Crippen molar-refractivity contribution in [1.82, 2.24) is 24.9 Å². The highest BCUT2D eigenvalue weighted by molar-refractivity contribution is 14.0. The van der Waals surface area contributed by atoms with Crippen LogP contribution in [0.25, 0.3) is 0 Å². The Kier molecular flexibility index (Phi) is 9.63. The number of nitrogens with zero attached hydrogens (tertiary/aromatic N) is 5. The lowest BCUT2D eigenvalue weighted by Gasteiger charge is -2.36. The van der Waals surface area contributed by atoms with Crippen LogP contribution in [0.2, 0.25) is 5.02 Å². The molecule has 0 aliphatic carbocycles. The number of morpholine rings is 1. The number of hydrogen-bond acceptors (Lipinski definition) is 4. The van der Waals surface area contributed by atoms with Gasteiger partial charge in [0.05, 0.1) is 19.3 Å². The second-order valence-electron chi connectivity index (χ2n) is 8.49. The van der Waals surface area contributed by atoms with E-state index in [0.29, 0.717) is 12.5 Å². The smallest absolute Gasteiger partial charge is 0.193 e. The molecule has 1 N–H and O–H groups in total. The van der Waals surface area contributed by atoms with E-state index in [9.17, 15) is 0 Å². The number of piperidine rings is 1. The number of aromatic nitrogens is 2. The largest absolute Gasteiger partial charge is 0.370 e. The fourth-order valence-electron chi connectivity index (χ4n) is 4.43. The number of nitrogens with one attached hydrogen (secondary N) is 1. The van der Waals surface area contributed by atoms with Crippen molar-refractivity contribution in [2.24, 2.45) is 18.0 Å². The van der Waals surface area contributed by atoms with Crippen LogP contribution in [0, 0.1) is 5.92 Å². The number of rotatable bonds is 5. The molecule has 0 bridgehead atoms. The summed E-state index contributed by atoms with van der Waals surface area (Å²) < 4.78 is 7.80. The summed E-state index contributed by atoms with van der Waals surface area (Å²) in [4.78, 5) is 9.35. The third kappa shape index (κ3) is 6.59. The second-order valence-corrected chi connectivity index (χ2v) is 8.90. The Bertz CT molecular complexity index is 883. The van der Waals surface area contributed by atoms with E-state index in [1.165, 1.54) is 18.4 Å². The van der Waals surface area contributed by atoms with Crippen molar-refractivity contribution in [3.05, 3.63) is 52.8 Å². The summed E-state index contributed by atoms with van der Waals surface area (Å²) in [7, 11) is 3.80. The van der Waals surface area contributed by atoms with Gasteiger partial charge in [0.2, 0.25) is 0 Å². The highest BCUT2D eigenvalue weighted by atomic mass is 127. The van der Waals surface area contributed by atoms with Gasteiger partial charge in [-0.05, 0) is 43.5 Å². The zero-order valence-corrected chi connectivity index (χ0v) is 22.0. The predicted molar refractivity (Wildman–Crippen MR) is 140 cm³/mol. The van der Waals surface area contributed by atoms with Gasteiger partial charge in [0.1, 0.15) is 6.10 Å². The first-order chi connectivity index (χ1) is 15.1. The standard InChI is InChI=1S/C23H33ClN6O.HI/c1-25-23(30-11-12-31-22(17-30)20-14-27-28(2)15-20)26-13-18-7-9-29(10-8-18)16-19-5-3-4-6-21(19)24;/h3-6,14-15,18,22H,7-13,16-17H2,1-2H3,(H,25,26);1H. The molecule has 2 aliphatic heterocycles. The van der Waals surface area contributed by atoms with Crippen LogP contribution in [0.1, 0.15) is 30.1 Å². The van der Waals surface area contributed by atoms with Crippen LogP contribution in [-0.2, 0) is 18.3 Å². The van der Waals surface area contributed by atoms with Crippen molar-refractivity contribution in [2.75, 3.05) is 46.4 Å². The molecular weight excluding hydrogens is 539 g/mol. The van der Waals surface area contributed by atoms with Crippen LogP contribution < -0.4 is 5.32 Å². The molecule has 7 nitrogen and oxygen atoms in total. The first-order valence-electron chi connectivity index (χ1n) is 11.1. The average molecular weight is 573 g/mol. The summed E-state index contributed by atoms with van der Waals surface area (Å²) in [6.45, 7) is 6.45. The predicted octanol–water partition coefficient (Wildman–Crippen LogP) is 3.55. The van der Waals surface area contributed by atoms with E-state index < -0.39 is 0 Å². The van der Waals surface area contributed by atoms with E-state index in [1.54, 1.807) is 0 Å². The molecule has 3 heterocycles. The number of halogens is 2. The summed E-state index contributed by atoms with van der Waals surface area (Å²) >= 11 is 6.33. The summed E-state index contributed by atoms with van der Waals surface area (Å²) in [5.41, 5.74) is 2.34.